The number of nitrogens with one attached hydrogen (secondary N) is 1. The summed E-state index contributed by atoms with van der Waals surface area (Å²) in [6, 6.07) is 16.2. The zero-order chi connectivity index (χ0) is 22.3. The molecule has 0 bridgehead atoms. The first-order chi connectivity index (χ1) is 15.4. The first-order valence-corrected chi connectivity index (χ1v) is 11.2. The second-order valence-corrected chi connectivity index (χ2v) is 9.50. The number of anilines is 1. The largest absolute Gasteiger partial charge is 0.489 e. The SMILES string of the molecule is CC(C)(C)c1ccc(COc2ccccc2C2C3=C(CCCC3=O)Nc3ncnn32)cc1. The van der Waals surface area contributed by atoms with Gasteiger partial charge in [0.05, 0.1) is 0 Å². The van der Waals surface area contributed by atoms with Gasteiger partial charge in [-0.15, -0.1) is 0 Å². The lowest BCUT2D eigenvalue weighted by Gasteiger charge is -2.32. The zero-order valence-corrected chi connectivity index (χ0v) is 18.8. The number of Topliss-reactive ketones (excluding diaryl/α,β-unsaturated/α-hetero) is 1. The van der Waals surface area contributed by atoms with Crippen LogP contribution in [-0.2, 0) is 16.8 Å². The number of fused-ring (bicyclic) bond motifs is 1. The van der Waals surface area contributed by atoms with Gasteiger partial charge in [-0.05, 0) is 35.4 Å². The third kappa shape index (κ3) is 3.70. The number of rotatable bonds is 4. The molecule has 1 atom stereocenters. The van der Waals surface area contributed by atoms with Gasteiger partial charge in [-0.1, -0.05) is 63.2 Å². The first-order valence-electron chi connectivity index (χ1n) is 11.2. The van der Waals surface area contributed by atoms with Crippen molar-refractivity contribution >= 4 is 11.7 Å². The molecule has 0 spiro atoms. The summed E-state index contributed by atoms with van der Waals surface area (Å²) < 4.78 is 8.09. The molecule has 5 rings (SSSR count). The van der Waals surface area contributed by atoms with Crippen LogP contribution in [0.2, 0.25) is 0 Å². The number of aromatic nitrogens is 3. The van der Waals surface area contributed by atoms with Crippen molar-refractivity contribution in [1.82, 2.24) is 14.8 Å². The summed E-state index contributed by atoms with van der Waals surface area (Å²) in [5, 5.41) is 7.74. The monoisotopic (exact) mass is 428 g/mol. The molecule has 2 heterocycles. The van der Waals surface area contributed by atoms with Crippen LogP contribution in [0.5, 0.6) is 5.75 Å². The van der Waals surface area contributed by atoms with E-state index in [9.17, 15) is 4.79 Å². The van der Waals surface area contributed by atoms with Gasteiger partial charge in [-0.25, -0.2) is 4.68 Å². The number of hydrogen-bond acceptors (Lipinski definition) is 5. The number of ketones is 1. The van der Waals surface area contributed by atoms with Crippen molar-refractivity contribution in [1.29, 1.82) is 0 Å². The number of hydrogen-bond donors (Lipinski definition) is 1. The Hall–Kier alpha value is -3.41. The second-order valence-electron chi connectivity index (χ2n) is 9.50. The van der Waals surface area contributed by atoms with Crippen LogP contribution in [0.25, 0.3) is 0 Å². The van der Waals surface area contributed by atoms with Crippen LogP contribution in [0, 0.1) is 0 Å². The number of allylic oxidation sites excluding steroid dienone is 2. The Balaban J connectivity index is 1.47. The van der Waals surface area contributed by atoms with Crippen molar-refractivity contribution in [3.8, 4) is 5.75 Å². The number of carbonyl (C=O) groups is 1. The van der Waals surface area contributed by atoms with E-state index >= 15 is 0 Å². The van der Waals surface area contributed by atoms with Crippen molar-refractivity contribution in [2.24, 2.45) is 0 Å². The van der Waals surface area contributed by atoms with Gasteiger partial charge in [-0.3, -0.25) is 4.79 Å². The summed E-state index contributed by atoms with van der Waals surface area (Å²) in [6.07, 6.45) is 3.78. The highest BCUT2D eigenvalue weighted by atomic mass is 16.5. The van der Waals surface area contributed by atoms with Crippen molar-refractivity contribution in [3.63, 3.8) is 0 Å². The minimum atomic E-state index is -0.337. The van der Waals surface area contributed by atoms with Gasteiger partial charge in [0, 0.05) is 23.3 Å². The molecule has 3 aromatic rings. The fourth-order valence-electron chi connectivity index (χ4n) is 4.48. The highest BCUT2D eigenvalue weighted by Gasteiger charge is 2.37. The summed E-state index contributed by atoms with van der Waals surface area (Å²) >= 11 is 0. The fourth-order valence-corrected chi connectivity index (χ4v) is 4.48. The molecule has 0 saturated heterocycles. The van der Waals surface area contributed by atoms with Gasteiger partial charge in [0.15, 0.2) is 5.78 Å². The zero-order valence-electron chi connectivity index (χ0n) is 18.8. The molecule has 1 aromatic heterocycles. The van der Waals surface area contributed by atoms with E-state index in [1.54, 1.807) is 4.68 Å². The summed E-state index contributed by atoms with van der Waals surface area (Å²) in [6.45, 7) is 7.08. The minimum absolute atomic E-state index is 0.120. The van der Waals surface area contributed by atoms with E-state index < -0.39 is 0 Å². The molecule has 2 aliphatic rings. The lowest BCUT2D eigenvalue weighted by molar-refractivity contribution is -0.116. The van der Waals surface area contributed by atoms with Crippen LogP contribution in [0.4, 0.5) is 5.95 Å². The highest BCUT2D eigenvalue weighted by Crippen LogP contribution is 2.42. The predicted octanol–water partition coefficient (Wildman–Crippen LogP) is 5.18. The van der Waals surface area contributed by atoms with Gasteiger partial charge < -0.3 is 10.1 Å². The molecule has 0 radical (unpaired) electrons. The first kappa shape index (κ1) is 20.5. The molecular formula is C26H28N4O2. The molecular weight excluding hydrogens is 400 g/mol. The Morgan fingerprint density at radius 1 is 1.09 bits per heavy atom. The predicted molar refractivity (Wildman–Crippen MR) is 124 cm³/mol. The van der Waals surface area contributed by atoms with Crippen LogP contribution >= 0.6 is 0 Å². The molecule has 1 aliphatic heterocycles. The maximum atomic E-state index is 12.9. The highest BCUT2D eigenvalue weighted by molar-refractivity contribution is 5.99. The van der Waals surface area contributed by atoms with E-state index in [1.807, 2.05) is 24.3 Å². The summed E-state index contributed by atoms with van der Waals surface area (Å²) in [5.74, 6) is 1.58. The Bertz CT molecular complexity index is 1190. The molecule has 0 amide bonds. The molecule has 0 saturated carbocycles. The minimum Gasteiger partial charge on any atom is -0.489 e. The summed E-state index contributed by atoms with van der Waals surface area (Å²) in [5.41, 5.74) is 5.18. The smallest absolute Gasteiger partial charge is 0.226 e. The number of ether oxygens (including phenoxy) is 1. The van der Waals surface area contributed by atoms with Crippen LogP contribution in [0.3, 0.4) is 0 Å². The van der Waals surface area contributed by atoms with E-state index in [-0.39, 0.29) is 17.2 Å². The molecule has 1 N–H and O–H groups in total. The van der Waals surface area contributed by atoms with E-state index in [0.717, 1.165) is 41.0 Å². The van der Waals surface area contributed by atoms with Crippen LogP contribution < -0.4 is 10.1 Å². The van der Waals surface area contributed by atoms with E-state index in [4.69, 9.17) is 4.74 Å². The summed E-state index contributed by atoms with van der Waals surface area (Å²) in [7, 11) is 0. The molecule has 0 fully saturated rings. The molecule has 2 aromatic carbocycles. The van der Waals surface area contributed by atoms with E-state index in [2.05, 4.69) is 60.4 Å². The molecule has 6 heteroatoms. The Morgan fingerprint density at radius 3 is 2.66 bits per heavy atom. The van der Waals surface area contributed by atoms with Crippen molar-refractivity contribution in [2.75, 3.05) is 5.32 Å². The fraction of sp³-hybridized carbons (Fsp3) is 0.346. The molecule has 1 aliphatic carbocycles. The average Bonchev–Trinajstić information content (AvgIpc) is 3.25. The van der Waals surface area contributed by atoms with Crippen molar-refractivity contribution in [3.05, 3.63) is 82.8 Å². The third-order valence-electron chi connectivity index (χ3n) is 6.24. The quantitative estimate of drug-likeness (QED) is 0.620. The Kier molecular flexibility index (Phi) is 5.08. The van der Waals surface area contributed by atoms with Gasteiger partial charge >= 0.3 is 0 Å². The van der Waals surface area contributed by atoms with Crippen LogP contribution in [0.1, 0.15) is 62.8 Å². The van der Waals surface area contributed by atoms with Gasteiger partial charge in [0.2, 0.25) is 5.95 Å². The Morgan fingerprint density at radius 2 is 1.88 bits per heavy atom. The van der Waals surface area contributed by atoms with Gasteiger partial charge in [-0.2, -0.15) is 10.1 Å². The maximum absolute atomic E-state index is 12.9. The van der Waals surface area contributed by atoms with Gasteiger partial charge in [0.25, 0.3) is 0 Å². The number of benzene rings is 2. The second kappa shape index (κ2) is 7.93. The van der Waals surface area contributed by atoms with E-state index in [0.29, 0.717) is 19.0 Å². The number of carbonyl (C=O) groups excluding carboxylic acids is 1. The molecule has 32 heavy (non-hydrogen) atoms. The number of nitrogens with zero attached hydrogens (tertiary/aromatic N) is 3. The normalized spacial score (nSPS) is 18.1. The lowest BCUT2D eigenvalue weighted by atomic mass is 9.85. The van der Waals surface area contributed by atoms with Crippen molar-refractivity contribution in [2.45, 2.75) is 58.1 Å². The van der Waals surface area contributed by atoms with Crippen molar-refractivity contribution < 1.29 is 9.53 Å². The van der Waals surface area contributed by atoms with Crippen LogP contribution in [0.15, 0.2) is 66.1 Å². The van der Waals surface area contributed by atoms with E-state index in [1.165, 1.54) is 11.9 Å². The Labute approximate surface area is 188 Å². The number of para-hydroxylation sites is 1. The lowest BCUT2D eigenvalue weighted by Crippen LogP contribution is -2.31. The maximum Gasteiger partial charge on any atom is 0.226 e. The van der Waals surface area contributed by atoms with Gasteiger partial charge in [0.1, 0.15) is 24.7 Å². The summed E-state index contributed by atoms with van der Waals surface area (Å²) in [4.78, 5) is 17.3. The topological polar surface area (TPSA) is 69.0 Å². The molecule has 164 valence electrons. The van der Waals surface area contributed by atoms with Crippen LogP contribution in [-0.4, -0.2) is 20.5 Å². The molecule has 6 nitrogen and oxygen atoms in total. The molecule has 1 unspecified atom stereocenters. The standard InChI is InChI=1S/C26H28N4O2/c1-26(2,3)18-13-11-17(12-14-18)15-32-22-10-5-4-7-19(22)24-23-20(8-6-9-21(23)31)29-25-27-16-28-30(24)25/h4-5,7,10-14,16,24H,6,8-9,15H2,1-3H3,(H,27,28,29). The average molecular weight is 429 g/mol. The third-order valence-corrected chi connectivity index (χ3v) is 6.24.